The topological polar surface area (TPSA) is 58.6 Å². The van der Waals surface area contributed by atoms with Crippen molar-refractivity contribution in [3.05, 3.63) is 114 Å². The lowest BCUT2D eigenvalue weighted by Crippen LogP contribution is -1.99. The Morgan fingerprint density at radius 3 is 2.23 bits per heavy atom. The maximum absolute atomic E-state index is 13.6. The molecule has 4 nitrogen and oxygen atoms in total. The van der Waals surface area contributed by atoms with Gasteiger partial charge in [0, 0.05) is 56.4 Å². The lowest BCUT2D eigenvalue weighted by atomic mass is 9.95. The van der Waals surface area contributed by atoms with Crippen molar-refractivity contribution in [2.45, 2.75) is 17.7 Å². The molecule has 3 aromatic carbocycles. The van der Waals surface area contributed by atoms with Gasteiger partial charge in [0.25, 0.3) is 0 Å². The van der Waals surface area contributed by atoms with Crippen LogP contribution in [-0.2, 0) is 10.8 Å². The summed E-state index contributed by atoms with van der Waals surface area (Å²) in [5, 5.41) is 0. The van der Waals surface area contributed by atoms with E-state index in [2.05, 4.69) is 35.1 Å². The number of rotatable bonds is 6. The first kappa shape index (κ1) is 22.9. The molecule has 0 amide bonds. The fraction of sp³-hybridized carbons (Fsp3) is 0.103. The zero-order valence-electron chi connectivity index (χ0n) is 19.4. The summed E-state index contributed by atoms with van der Waals surface area (Å²) in [6.45, 7) is 2.14. The minimum Gasteiger partial charge on any atom is -0.337 e. The van der Waals surface area contributed by atoms with Crippen molar-refractivity contribution in [2.24, 2.45) is 0 Å². The number of imidazole rings is 1. The molecule has 0 saturated heterocycles. The second-order valence-corrected chi connectivity index (χ2v) is 9.78. The number of nitrogens with zero attached hydrogens (tertiary/aromatic N) is 2. The van der Waals surface area contributed by atoms with Crippen molar-refractivity contribution in [3.8, 4) is 33.9 Å². The lowest BCUT2D eigenvalue weighted by molar-refractivity contribution is 0.628. The SMILES string of the molecule is CC(c1ccccc1)c1cc(-c2nc(-c3ccc(S(C)=O)cc3)[nH]c2-c2ccc(F)cc2)ccn1. The molecule has 2 atom stereocenters. The van der Waals surface area contributed by atoms with Gasteiger partial charge in [-0.2, -0.15) is 0 Å². The standard InChI is InChI=1S/C29H24FN3OS/c1-19(20-6-4-3-5-7-20)26-18-23(16-17-31-26)28-27(21-8-12-24(30)13-9-21)32-29(33-28)22-10-14-25(15-11-22)35(2)34/h3-19H,1-2H3,(H,32,33). The third-order valence-electron chi connectivity index (χ3n) is 6.09. The van der Waals surface area contributed by atoms with Crippen LogP contribution in [0.3, 0.4) is 0 Å². The lowest BCUT2D eigenvalue weighted by Gasteiger charge is -2.12. The Kier molecular flexibility index (Phi) is 6.38. The summed E-state index contributed by atoms with van der Waals surface area (Å²) >= 11 is 0. The molecule has 0 bridgehead atoms. The molecular weight excluding hydrogens is 457 g/mol. The first-order valence-electron chi connectivity index (χ1n) is 11.3. The van der Waals surface area contributed by atoms with Crippen LogP contribution in [0.15, 0.2) is 102 Å². The smallest absolute Gasteiger partial charge is 0.138 e. The minimum absolute atomic E-state index is 0.117. The molecule has 5 rings (SSSR count). The Bertz CT molecular complexity index is 1480. The number of H-pyrrole nitrogens is 1. The summed E-state index contributed by atoms with van der Waals surface area (Å²) in [6, 6.07) is 28.1. The molecule has 2 unspecified atom stereocenters. The van der Waals surface area contributed by atoms with Gasteiger partial charge in [-0.3, -0.25) is 9.19 Å². The van der Waals surface area contributed by atoms with Gasteiger partial charge in [-0.15, -0.1) is 0 Å². The minimum atomic E-state index is -1.05. The van der Waals surface area contributed by atoms with E-state index >= 15 is 0 Å². The van der Waals surface area contributed by atoms with Crippen LogP contribution in [0.5, 0.6) is 0 Å². The highest BCUT2D eigenvalue weighted by atomic mass is 32.2. The highest BCUT2D eigenvalue weighted by Crippen LogP contribution is 2.34. The number of aromatic amines is 1. The number of halogens is 1. The molecule has 6 heteroatoms. The normalized spacial score (nSPS) is 12.9. The molecule has 2 aromatic heterocycles. The largest absolute Gasteiger partial charge is 0.337 e. The Morgan fingerprint density at radius 1 is 0.857 bits per heavy atom. The van der Waals surface area contributed by atoms with Crippen LogP contribution in [0, 0.1) is 5.82 Å². The summed E-state index contributed by atoms with van der Waals surface area (Å²) < 4.78 is 25.4. The van der Waals surface area contributed by atoms with E-state index < -0.39 is 10.8 Å². The Labute approximate surface area is 206 Å². The summed E-state index contributed by atoms with van der Waals surface area (Å²) in [4.78, 5) is 13.8. The second-order valence-electron chi connectivity index (χ2n) is 8.40. The zero-order chi connectivity index (χ0) is 24.4. The third-order valence-corrected chi connectivity index (χ3v) is 7.03. The molecule has 174 valence electrons. The van der Waals surface area contributed by atoms with Gasteiger partial charge in [-0.1, -0.05) is 49.4 Å². The van der Waals surface area contributed by atoms with Crippen LogP contribution in [0.1, 0.15) is 24.1 Å². The molecule has 0 aliphatic carbocycles. The second kappa shape index (κ2) is 9.76. The maximum atomic E-state index is 13.6. The van der Waals surface area contributed by atoms with Crippen LogP contribution in [0.2, 0.25) is 0 Å². The van der Waals surface area contributed by atoms with E-state index in [1.54, 1.807) is 24.6 Å². The van der Waals surface area contributed by atoms with Crippen molar-refractivity contribution < 1.29 is 8.60 Å². The molecule has 0 fully saturated rings. The van der Waals surface area contributed by atoms with Crippen LogP contribution >= 0.6 is 0 Å². The molecular formula is C29H24FN3OS. The quantitative estimate of drug-likeness (QED) is 0.289. The predicted molar refractivity (Wildman–Crippen MR) is 139 cm³/mol. The van der Waals surface area contributed by atoms with Gasteiger partial charge >= 0.3 is 0 Å². The Balaban J connectivity index is 1.61. The number of hydrogen-bond acceptors (Lipinski definition) is 3. The van der Waals surface area contributed by atoms with Crippen LogP contribution < -0.4 is 0 Å². The highest BCUT2D eigenvalue weighted by Gasteiger charge is 2.18. The van der Waals surface area contributed by atoms with Crippen molar-refractivity contribution in [3.63, 3.8) is 0 Å². The van der Waals surface area contributed by atoms with Gasteiger partial charge in [-0.25, -0.2) is 9.37 Å². The van der Waals surface area contributed by atoms with Gasteiger partial charge in [-0.05, 0) is 54.1 Å². The van der Waals surface area contributed by atoms with Gasteiger partial charge in [0.1, 0.15) is 11.6 Å². The number of nitrogens with one attached hydrogen (secondary N) is 1. The Hall–Kier alpha value is -3.90. The van der Waals surface area contributed by atoms with Gasteiger partial charge in [0.2, 0.25) is 0 Å². The van der Waals surface area contributed by atoms with E-state index in [1.165, 1.54) is 17.7 Å². The number of pyridine rings is 1. The first-order valence-corrected chi connectivity index (χ1v) is 12.9. The Morgan fingerprint density at radius 2 is 1.54 bits per heavy atom. The first-order chi connectivity index (χ1) is 17.0. The van der Waals surface area contributed by atoms with Crippen molar-refractivity contribution in [2.75, 3.05) is 6.26 Å². The van der Waals surface area contributed by atoms with E-state index in [0.29, 0.717) is 5.82 Å². The monoisotopic (exact) mass is 481 g/mol. The van der Waals surface area contributed by atoms with E-state index in [0.717, 1.165) is 38.7 Å². The molecule has 1 N–H and O–H groups in total. The molecule has 2 heterocycles. The van der Waals surface area contributed by atoms with E-state index in [9.17, 15) is 8.60 Å². The van der Waals surface area contributed by atoms with E-state index in [4.69, 9.17) is 4.98 Å². The average Bonchev–Trinajstić information content (AvgIpc) is 3.35. The molecule has 0 aliphatic heterocycles. The molecule has 0 aliphatic rings. The van der Waals surface area contributed by atoms with E-state index in [-0.39, 0.29) is 11.7 Å². The molecule has 35 heavy (non-hydrogen) atoms. The third kappa shape index (κ3) is 4.84. The summed E-state index contributed by atoms with van der Waals surface area (Å²) in [5.41, 5.74) is 6.32. The summed E-state index contributed by atoms with van der Waals surface area (Å²) in [5.74, 6) is 0.509. The summed E-state index contributed by atoms with van der Waals surface area (Å²) in [7, 11) is -1.05. The fourth-order valence-corrected chi connectivity index (χ4v) is 4.61. The predicted octanol–water partition coefficient (Wildman–Crippen LogP) is 6.83. The molecule has 0 spiro atoms. The molecule has 0 radical (unpaired) electrons. The van der Waals surface area contributed by atoms with Gasteiger partial charge in [0.05, 0.1) is 11.4 Å². The number of benzene rings is 3. The molecule has 5 aromatic rings. The zero-order valence-corrected chi connectivity index (χ0v) is 20.2. The number of hydrogen-bond donors (Lipinski definition) is 1. The van der Waals surface area contributed by atoms with Crippen molar-refractivity contribution >= 4 is 10.8 Å². The molecule has 0 saturated carbocycles. The number of aromatic nitrogens is 3. The van der Waals surface area contributed by atoms with Crippen LogP contribution in [0.4, 0.5) is 4.39 Å². The van der Waals surface area contributed by atoms with Crippen LogP contribution in [0.25, 0.3) is 33.9 Å². The fourth-order valence-electron chi connectivity index (χ4n) is 4.09. The van der Waals surface area contributed by atoms with E-state index in [1.807, 2.05) is 48.5 Å². The maximum Gasteiger partial charge on any atom is 0.138 e. The van der Waals surface area contributed by atoms with Gasteiger partial charge < -0.3 is 4.98 Å². The summed E-state index contributed by atoms with van der Waals surface area (Å²) in [6.07, 6.45) is 3.46. The van der Waals surface area contributed by atoms with Crippen molar-refractivity contribution in [1.29, 1.82) is 0 Å². The van der Waals surface area contributed by atoms with Gasteiger partial charge in [0.15, 0.2) is 0 Å². The van der Waals surface area contributed by atoms with Crippen LogP contribution in [-0.4, -0.2) is 25.4 Å². The average molecular weight is 482 g/mol. The highest BCUT2D eigenvalue weighted by molar-refractivity contribution is 7.84. The van der Waals surface area contributed by atoms with Crippen molar-refractivity contribution in [1.82, 2.24) is 15.0 Å².